The largest absolute Gasteiger partial charge is 0.275 e. The van der Waals surface area contributed by atoms with Crippen LogP contribution < -0.4 is 9.57 Å². The number of rotatable bonds is 1. The van der Waals surface area contributed by atoms with Crippen LogP contribution in [0.1, 0.15) is 19.4 Å². The van der Waals surface area contributed by atoms with Gasteiger partial charge in [0.25, 0.3) is 0 Å². The molecule has 1 aromatic heterocycles. The molecule has 0 radical (unpaired) electrons. The lowest BCUT2D eigenvalue weighted by Crippen LogP contribution is -2.39. The van der Waals surface area contributed by atoms with Crippen molar-refractivity contribution >= 4 is 0 Å². The van der Waals surface area contributed by atoms with Gasteiger partial charge in [-0.1, -0.05) is 13.8 Å². The summed E-state index contributed by atoms with van der Waals surface area (Å²) in [6.45, 7) is 6.02. The molecule has 0 spiro atoms. The van der Waals surface area contributed by atoms with E-state index in [2.05, 4.69) is 0 Å². The van der Waals surface area contributed by atoms with E-state index in [4.69, 9.17) is 4.84 Å². The summed E-state index contributed by atoms with van der Waals surface area (Å²) >= 11 is 0. The lowest BCUT2D eigenvalue weighted by atomic mass is 10.3. The zero-order chi connectivity index (χ0) is 8.69. The SMILES string of the molecule is CC.CO[n+]1cccc(C)c1. The predicted molar refractivity (Wildman–Crippen MR) is 45.2 cm³/mol. The van der Waals surface area contributed by atoms with E-state index in [-0.39, 0.29) is 0 Å². The van der Waals surface area contributed by atoms with Crippen LogP contribution in [-0.4, -0.2) is 7.11 Å². The molecule has 0 unspecified atom stereocenters. The van der Waals surface area contributed by atoms with Gasteiger partial charge >= 0.3 is 0 Å². The van der Waals surface area contributed by atoms with Gasteiger partial charge in [-0.15, -0.1) is 0 Å². The fourth-order valence-electron chi connectivity index (χ4n) is 0.680. The quantitative estimate of drug-likeness (QED) is 0.557. The molecular weight excluding hydrogens is 138 g/mol. The lowest BCUT2D eigenvalue weighted by Gasteiger charge is -1.89. The van der Waals surface area contributed by atoms with Crippen molar-refractivity contribution in [3.05, 3.63) is 30.1 Å². The molecule has 0 saturated carbocycles. The fourth-order valence-corrected chi connectivity index (χ4v) is 0.680. The van der Waals surface area contributed by atoms with Crippen molar-refractivity contribution < 1.29 is 9.57 Å². The summed E-state index contributed by atoms with van der Waals surface area (Å²) in [5.41, 5.74) is 1.19. The summed E-state index contributed by atoms with van der Waals surface area (Å²) in [6.07, 6.45) is 3.77. The van der Waals surface area contributed by atoms with E-state index < -0.39 is 0 Å². The van der Waals surface area contributed by atoms with Gasteiger partial charge in [-0.25, -0.2) is 0 Å². The zero-order valence-corrected chi connectivity index (χ0v) is 7.66. The van der Waals surface area contributed by atoms with Crippen LogP contribution in [0.2, 0.25) is 0 Å². The molecule has 0 aromatic carbocycles. The van der Waals surface area contributed by atoms with Crippen LogP contribution in [-0.2, 0) is 0 Å². The minimum atomic E-state index is 1.19. The third-order valence-electron chi connectivity index (χ3n) is 1.13. The van der Waals surface area contributed by atoms with Crippen molar-refractivity contribution in [2.24, 2.45) is 0 Å². The van der Waals surface area contributed by atoms with Gasteiger partial charge in [0, 0.05) is 16.4 Å². The second kappa shape index (κ2) is 5.71. The Hall–Kier alpha value is -1.05. The molecule has 11 heavy (non-hydrogen) atoms. The molecule has 1 aromatic rings. The van der Waals surface area contributed by atoms with Crippen molar-refractivity contribution in [2.45, 2.75) is 20.8 Å². The van der Waals surface area contributed by atoms with E-state index in [1.807, 2.05) is 45.3 Å². The first-order chi connectivity index (χ1) is 5.33. The van der Waals surface area contributed by atoms with E-state index >= 15 is 0 Å². The van der Waals surface area contributed by atoms with Gasteiger partial charge in [-0.2, -0.15) is 0 Å². The minimum absolute atomic E-state index is 1.19. The molecular formula is C9H16NO+. The van der Waals surface area contributed by atoms with Crippen LogP contribution in [0, 0.1) is 6.92 Å². The number of aromatic nitrogens is 1. The fraction of sp³-hybridized carbons (Fsp3) is 0.444. The second-order valence-corrected chi connectivity index (χ2v) is 1.92. The Labute approximate surface area is 68.4 Å². The van der Waals surface area contributed by atoms with E-state index in [0.29, 0.717) is 0 Å². The van der Waals surface area contributed by atoms with Crippen molar-refractivity contribution in [3.63, 3.8) is 0 Å². The smallest absolute Gasteiger partial charge is 0.225 e. The number of hydrogen-bond acceptors (Lipinski definition) is 1. The maximum atomic E-state index is 4.91. The molecule has 2 heteroatoms. The molecule has 1 heterocycles. The maximum absolute atomic E-state index is 4.91. The Morgan fingerprint density at radius 3 is 2.36 bits per heavy atom. The monoisotopic (exact) mass is 154 g/mol. The Morgan fingerprint density at radius 2 is 2.00 bits per heavy atom. The Bertz CT molecular complexity index is 199. The summed E-state index contributed by atoms with van der Waals surface area (Å²) in [7, 11) is 1.64. The Balaban J connectivity index is 0.000000461. The average molecular weight is 154 g/mol. The van der Waals surface area contributed by atoms with E-state index in [1.54, 1.807) is 11.8 Å². The highest BCUT2D eigenvalue weighted by Crippen LogP contribution is 1.86. The third-order valence-corrected chi connectivity index (χ3v) is 1.13. The van der Waals surface area contributed by atoms with Gasteiger partial charge in [0.1, 0.15) is 7.11 Å². The number of nitrogens with zero attached hydrogens (tertiary/aromatic N) is 1. The first-order valence-corrected chi connectivity index (χ1v) is 3.85. The normalized spacial score (nSPS) is 8.00. The molecule has 0 saturated heterocycles. The van der Waals surface area contributed by atoms with Crippen molar-refractivity contribution in [3.8, 4) is 0 Å². The molecule has 0 amide bonds. The highest BCUT2D eigenvalue weighted by Gasteiger charge is 1.94. The van der Waals surface area contributed by atoms with Crippen LogP contribution in [0.4, 0.5) is 0 Å². The molecule has 0 aliphatic heterocycles. The highest BCUT2D eigenvalue weighted by atomic mass is 16.6. The van der Waals surface area contributed by atoms with E-state index in [0.717, 1.165) is 0 Å². The van der Waals surface area contributed by atoms with Crippen LogP contribution in [0.25, 0.3) is 0 Å². The number of hydrogen-bond donors (Lipinski definition) is 0. The highest BCUT2D eigenvalue weighted by molar-refractivity contribution is 5.00. The Morgan fingerprint density at radius 1 is 1.36 bits per heavy atom. The molecule has 0 aliphatic rings. The number of aryl methyl sites for hydroxylation is 1. The predicted octanol–water partition coefficient (Wildman–Crippen LogP) is 1.37. The molecule has 0 atom stereocenters. The summed E-state index contributed by atoms with van der Waals surface area (Å²) < 4.78 is 1.66. The molecule has 0 aliphatic carbocycles. The maximum Gasteiger partial charge on any atom is 0.225 e. The van der Waals surface area contributed by atoms with Crippen molar-refractivity contribution in [2.75, 3.05) is 7.11 Å². The summed E-state index contributed by atoms with van der Waals surface area (Å²) in [5.74, 6) is 0. The molecule has 0 N–H and O–H groups in total. The summed E-state index contributed by atoms with van der Waals surface area (Å²) in [4.78, 5) is 4.91. The van der Waals surface area contributed by atoms with Gasteiger partial charge in [-0.05, 0) is 13.0 Å². The van der Waals surface area contributed by atoms with Crippen LogP contribution in [0.15, 0.2) is 24.5 Å². The number of pyridine rings is 1. The first kappa shape index (κ1) is 9.95. The third kappa shape index (κ3) is 3.61. The van der Waals surface area contributed by atoms with Crippen LogP contribution >= 0.6 is 0 Å². The molecule has 2 nitrogen and oxygen atoms in total. The zero-order valence-electron chi connectivity index (χ0n) is 7.66. The first-order valence-electron chi connectivity index (χ1n) is 3.85. The summed E-state index contributed by atoms with van der Waals surface area (Å²) in [6, 6.07) is 3.97. The van der Waals surface area contributed by atoms with Crippen LogP contribution in [0.3, 0.4) is 0 Å². The van der Waals surface area contributed by atoms with Gasteiger partial charge in [0.05, 0.1) is 0 Å². The van der Waals surface area contributed by atoms with Gasteiger partial charge in [-0.3, -0.25) is 4.84 Å². The van der Waals surface area contributed by atoms with Gasteiger partial charge in [0.2, 0.25) is 12.4 Å². The van der Waals surface area contributed by atoms with Gasteiger partial charge in [0.15, 0.2) is 0 Å². The summed E-state index contributed by atoms with van der Waals surface area (Å²) in [5, 5.41) is 0. The van der Waals surface area contributed by atoms with E-state index in [9.17, 15) is 0 Å². The van der Waals surface area contributed by atoms with Gasteiger partial charge < -0.3 is 0 Å². The van der Waals surface area contributed by atoms with Crippen molar-refractivity contribution in [1.82, 2.24) is 0 Å². The molecule has 0 bridgehead atoms. The Kier molecular flexibility index (Phi) is 5.17. The van der Waals surface area contributed by atoms with Crippen LogP contribution in [0.5, 0.6) is 0 Å². The van der Waals surface area contributed by atoms with Crippen molar-refractivity contribution in [1.29, 1.82) is 0 Å². The topological polar surface area (TPSA) is 13.1 Å². The van der Waals surface area contributed by atoms with E-state index in [1.165, 1.54) is 5.56 Å². The molecule has 0 fully saturated rings. The molecule has 1 rings (SSSR count). The second-order valence-electron chi connectivity index (χ2n) is 1.92. The molecule has 62 valence electrons. The standard InChI is InChI=1S/C7H10NO.C2H6/c1-7-4-3-5-8(6-7)9-2;1-2/h3-6H,1-2H3;1-2H3/q+1;. The average Bonchev–Trinajstić information content (AvgIpc) is 2.08. The lowest BCUT2D eigenvalue weighted by molar-refractivity contribution is -0.885. The minimum Gasteiger partial charge on any atom is -0.275 e.